The fourth-order valence-electron chi connectivity index (χ4n) is 2.93. The van der Waals surface area contributed by atoms with Gasteiger partial charge in [0.25, 0.3) is 0 Å². The summed E-state index contributed by atoms with van der Waals surface area (Å²) in [5.41, 5.74) is 0.884. The van der Waals surface area contributed by atoms with Crippen molar-refractivity contribution in [3.8, 4) is 0 Å². The average Bonchev–Trinajstić information content (AvgIpc) is 2.67. The van der Waals surface area contributed by atoms with Crippen LogP contribution in [0.25, 0.3) is 0 Å². The SMILES string of the molecule is C=CCO[C@H]1O[C@H](CO)[C@@H](OCc2ccccc2)[C@H](OC(C)=O)[C@H]1OC(C)=O. The molecule has 1 aromatic carbocycles. The van der Waals surface area contributed by atoms with Gasteiger partial charge in [0.1, 0.15) is 12.2 Å². The molecule has 0 aliphatic carbocycles. The zero-order valence-electron chi connectivity index (χ0n) is 16.0. The average molecular weight is 394 g/mol. The third-order valence-corrected chi connectivity index (χ3v) is 4.04. The van der Waals surface area contributed by atoms with E-state index in [1.807, 2.05) is 30.3 Å². The Labute approximate surface area is 164 Å². The lowest BCUT2D eigenvalue weighted by molar-refractivity contribution is -0.311. The minimum Gasteiger partial charge on any atom is -0.455 e. The number of carbonyl (C=O) groups is 2. The van der Waals surface area contributed by atoms with Crippen molar-refractivity contribution in [2.24, 2.45) is 0 Å². The molecule has 28 heavy (non-hydrogen) atoms. The zero-order valence-corrected chi connectivity index (χ0v) is 16.0. The fourth-order valence-corrected chi connectivity index (χ4v) is 2.93. The first-order chi connectivity index (χ1) is 13.5. The molecule has 0 saturated carbocycles. The lowest BCUT2D eigenvalue weighted by atomic mass is 9.98. The van der Waals surface area contributed by atoms with Gasteiger partial charge in [0.15, 0.2) is 18.5 Å². The summed E-state index contributed by atoms with van der Waals surface area (Å²) in [4.78, 5) is 23.3. The molecule has 8 heteroatoms. The summed E-state index contributed by atoms with van der Waals surface area (Å²) < 4.78 is 27.9. The van der Waals surface area contributed by atoms with Gasteiger partial charge in [-0.2, -0.15) is 0 Å². The van der Waals surface area contributed by atoms with Crippen LogP contribution in [0.5, 0.6) is 0 Å². The quantitative estimate of drug-likeness (QED) is 0.495. The van der Waals surface area contributed by atoms with Crippen molar-refractivity contribution in [1.29, 1.82) is 0 Å². The Hall–Kier alpha value is -2.26. The molecule has 1 saturated heterocycles. The lowest BCUT2D eigenvalue weighted by Gasteiger charge is -2.44. The predicted octanol–water partition coefficient (Wildman–Crippen LogP) is 1.35. The first-order valence-corrected chi connectivity index (χ1v) is 8.95. The van der Waals surface area contributed by atoms with E-state index in [9.17, 15) is 14.7 Å². The molecule has 154 valence electrons. The van der Waals surface area contributed by atoms with Crippen LogP contribution in [-0.2, 0) is 39.9 Å². The van der Waals surface area contributed by atoms with Gasteiger partial charge in [0, 0.05) is 13.8 Å². The van der Waals surface area contributed by atoms with Crippen molar-refractivity contribution < 1.29 is 38.4 Å². The van der Waals surface area contributed by atoms with Crippen LogP contribution in [-0.4, -0.2) is 61.0 Å². The maximum absolute atomic E-state index is 11.7. The van der Waals surface area contributed by atoms with Crippen LogP contribution < -0.4 is 0 Å². The molecule has 8 nitrogen and oxygen atoms in total. The van der Waals surface area contributed by atoms with Crippen molar-refractivity contribution >= 4 is 11.9 Å². The minimum atomic E-state index is -1.06. The minimum absolute atomic E-state index is 0.114. The van der Waals surface area contributed by atoms with Crippen molar-refractivity contribution in [3.05, 3.63) is 48.6 Å². The molecule has 1 aliphatic heterocycles. The molecule has 1 aromatic rings. The lowest BCUT2D eigenvalue weighted by Crippen LogP contribution is -2.62. The summed E-state index contributed by atoms with van der Waals surface area (Å²) in [6.45, 7) is 5.93. The maximum Gasteiger partial charge on any atom is 0.303 e. The number of aliphatic hydroxyl groups excluding tert-OH is 1. The van der Waals surface area contributed by atoms with Gasteiger partial charge < -0.3 is 28.8 Å². The third kappa shape index (κ3) is 6.13. The number of rotatable bonds is 9. The first kappa shape index (κ1) is 22.0. The standard InChI is InChI=1S/C20H26O8/c1-4-10-24-20-19(27-14(3)23)18(26-13(2)22)17(16(11-21)28-20)25-12-15-8-6-5-7-9-15/h4-9,16-21H,1,10-12H2,2-3H3/t16-,17-,18+,19-,20+/m1/s1. The number of ether oxygens (including phenoxy) is 5. The fraction of sp³-hybridized carbons (Fsp3) is 0.500. The van der Waals surface area contributed by atoms with Crippen LogP contribution in [0.1, 0.15) is 19.4 Å². The van der Waals surface area contributed by atoms with Gasteiger partial charge in [-0.25, -0.2) is 0 Å². The Balaban J connectivity index is 2.27. The summed E-state index contributed by atoms with van der Waals surface area (Å²) in [7, 11) is 0. The van der Waals surface area contributed by atoms with E-state index in [1.165, 1.54) is 19.9 Å². The largest absolute Gasteiger partial charge is 0.455 e. The Morgan fingerprint density at radius 2 is 1.71 bits per heavy atom. The molecule has 0 bridgehead atoms. The number of hydrogen-bond donors (Lipinski definition) is 1. The van der Waals surface area contributed by atoms with Gasteiger partial charge in [-0.15, -0.1) is 6.58 Å². The number of esters is 2. The van der Waals surface area contributed by atoms with E-state index >= 15 is 0 Å². The number of carbonyl (C=O) groups excluding carboxylic acids is 2. The summed E-state index contributed by atoms with van der Waals surface area (Å²) >= 11 is 0. The van der Waals surface area contributed by atoms with E-state index in [4.69, 9.17) is 23.7 Å². The summed E-state index contributed by atoms with van der Waals surface area (Å²) in [6, 6.07) is 9.35. The van der Waals surface area contributed by atoms with E-state index in [2.05, 4.69) is 6.58 Å². The van der Waals surface area contributed by atoms with E-state index in [-0.39, 0.29) is 13.2 Å². The summed E-state index contributed by atoms with van der Waals surface area (Å²) in [5, 5.41) is 9.79. The summed E-state index contributed by atoms with van der Waals surface area (Å²) in [6.07, 6.45) is -3.37. The second-order valence-electron chi connectivity index (χ2n) is 6.26. The molecular weight excluding hydrogens is 368 g/mol. The number of benzene rings is 1. The second-order valence-corrected chi connectivity index (χ2v) is 6.26. The van der Waals surface area contributed by atoms with Gasteiger partial charge in [-0.05, 0) is 5.56 Å². The molecule has 1 N–H and O–H groups in total. The molecule has 0 aromatic heterocycles. The molecule has 0 unspecified atom stereocenters. The van der Waals surface area contributed by atoms with Gasteiger partial charge in [0.2, 0.25) is 0 Å². The highest BCUT2D eigenvalue weighted by molar-refractivity contribution is 5.67. The Morgan fingerprint density at radius 3 is 2.29 bits per heavy atom. The van der Waals surface area contributed by atoms with Crippen molar-refractivity contribution in [2.75, 3.05) is 13.2 Å². The van der Waals surface area contributed by atoms with E-state index in [0.29, 0.717) is 0 Å². The molecule has 0 spiro atoms. The number of aliphatic hydroxyl groups is 1. The molecule has 1 fully saturated rings. The van der Waals surface area contributed by atoms with Crippen LogP contribution in [0, 0.1) is 0 Å². The van der Waals surface area contributed by atoms with Crippen LogP contribution in [0.4, 0.5) is 0 Å². The predicted molar refractivity (Wildman–Crippen MR) is 98.0 cm³/mol. The van der Waals surface area contributed by atoms with Crippen LogP contribution in [0.3, 0.4) is 0 Å². The molecule has 5 atom stereocenters. The van der Waals surface area contributed by atoms with Gasteiger partial charge in [-0.1, -0.05) is 36.4 Å². The van der Waals surface area contributed by atoms with E-state index < -0.39 is 49.3 Å². The topological polar surface area (TPSA) is 101 Å². The highest BCUT2D eigenvalue weighted by Crippen LogP contribution is 2.29. The normalized spacial score (nSPS) is 27.0. The maximum atomic E-state index is 11.7. The second kappa shape index (κ2) is 10.9. The van der Waals surface area contributed by atoms with Crippen LogP contribution >= 0.6 is 0 Å². The smallest absolute Gasteiger partial charge is 0.303 e. The van der Waals surface area contributed by atoms with Gasteiger partial charge in [-0.3, -0.25) is 9.59 Å². The van der Waals surface area contributed by atoms with Crippen LogP contribution in [0.15, 0.2) is 43.0 Å². The highest BCUT2D eigenvalue weighted by Gasteiger charge is 2.51. The Bertz CT molecular complexity index is 647. The van der Waals surface area contributed by atoms with E-state index in [1.54, 1.807) is 0 Å². The zero-order chi connectivity index (χ0) is 20.5. The van der Waals surface area contributed by atoms with Gasteiger partial charge in [0.05, 0.1) is 19.8 Å². The van der Waals surface area contributed by atoms with Gasteiger partial charge >= 0.3 is 11.9 Å². The van der Waals surface area contributed by atoms with Crippen LogP contribution in [0.2, 0.25) is 0 Å². The molecule has 1 heterocycles. The molecule has 2 rings (SSSR count). The molecule has 1 aliphatic rings. The van der Waals surface area contributed by atoms with Crippen molar-refractivity contribution in [2.45, 2.75) is 51.2 Å². The molecular formula is C20H26O8. The third-order valence-electron chi connectivity index (χ3n) is 4.04. The summed E-state index contributed by atoms with van der Waals surface area (Å²) in [5.74, 6) is -1.18. The van der Waals surface area contributed by atoms with E-state index in [0.717, 1.165) is 5.56 Å². The Kier molecular flexibility index (Phi) is 8.59. The van der Waals surface area contributed by atoms with Crippen molar-refractivity contribution in [3.63, 3.8) is 0 Å². The first-order valence-electron chi connectivity index (χ1n) is 8.95. The Morgan fingerprint density at radius 1 is 1.07 bits per heavy atom. The van der Waals surface area contributed by atoms with Crippen molar-refractivity contribution in [1.82, 2.24) is 0 Å². The number of hydrogen-bond acceptors (Lipinski definition) is 8. The highest BCUT2D eigenvalue weighted by atomic mass is 16.7. The monoisotopic (exact) mass is 394 g/mol. The molecule has 0 radical (unpaired) electrons. The molecule has 0 amide bonds.